The molecule has 3 rings (SSSR count). The number of hydrogen-bond donors (Lipinski definition) is 2. The van der Waals surface area contributed by atoms with Crippen molar-refractivity contribution >= 4 is 17.3 Å². The number of amides is 1. The molecule has 2 fully saturated rings. The maximum absolute atomic E-state index is 12.2. The molecule has 0 heterocycles. The molecule has 2 aliphatic carbocycles. The van der Waals surface area contributed by atoms with Crippen LogP contribution in [0.1, 0.15) is 31.2 Å². The van der Waals surface area contributed by atoms with Gasteiger partial charge in [0.05, 0.1) is 6.54 Å². The number of carbonyl (C=O) groups excluding carboxylic acids is 1. The molecule has 2 aliphatic rings. The number of carbonyl (C=O) groups is 1. The zero-order valence-corrected chi connectivity index (χ0v) is 12.8. The van der Waals surface area contributed by atoms with Crippen LogP contribution in [0.5, 0.6) is 0 Å². The molecule has 114 valence electrons. The van der Waals surface area contributed by atoms with E-state index in [0.717, 1.165) is 41.9 Å². The van der Waals surface area contributed by atoms with Crippen molar-refractivity contribution in [2.45, 2.75) is 32.6 Å². The molecule has 0 spiro atoms. The lowest BCUT2D eigenvalue weighted by atomic mass is 10.2. The van der Waals surface area contributed by atoms with Crippen LogP contribution in [0, 0.1) is 18.8 Å². The topological polar surface area (TPSA) is 58.4 Å². The number of benzene rings is 1. The van der Waals surface area contributed by atoms with E-state index in [4.69, 9.17) is 5.73 Å². The van der Waals surface area contributed by atoms with Crippen LogP contribution in [-0.4, -0.2) is 30.4 Å². The Morgan fingerprint density at radius 2 is 1.86 bits per heavy atom. The van der Waals surface area contributed by atoms with Crippen molar-refractivity contribution in [3.8, 4) is 0 Å². The summed E-state index contributed by atoms with van der Waals surface area (Å²) >= 11 is 0. The lowest BCUT2D eigenvalue weighted by molar-refractivity contribution is -0.117. The smallest absolute Gasteiger partial charge is 0.238 e. The number of nitrogens with two attached hydrogens (primary N) is 1. The number of nitrogen functional groups attached to an aromatic ring is 1. The number of nitrogens with one attached hydrogen (secondary N) is 1. The minimum atomic E-state index is 0.0690. The molecule has 4 nitrogen and oxygen atoms in total. The van der Waals surface area contributed by atoms with Crippen molar-refractivity contribution in [1.29, 1.82) is 0 Å². The number of hydrogen-bond acceptors (Lipinski definition) is 3. The summed E-state index contributed by atoms with van der Waals surface area (Å²) in [5.74, 6) is 1.72. The molecule has 21 heavy (non-hydrogen) atoms. The van der Waals surface area contributed by atoms with E-state index >= 15 is 0 Å². The van der Waals surface area contributed by atoms with Gasteiger partial charge < -0.3 is 11.1 Å². The largest absolute Gasteiger partial charge is 0.398 e. The fraction of sp³-hybridized carbons (Fsp3) is 0.588. The van der Waals surface area contributed by atoms with Gasteiger partial charge in [-0.15, -0.1) is 0 Å². The predicted molar refractivity (Wildman–Crippen MR) is 86.1 cm³/mol. The first-order valence-electron chi connectivity index (χ1n) is 7.98. The van der Waals surface area contributed by atoms with E-state index < -0.39 is 0 Å². The molecule has 0 atom stereocenters. The van der Waals surface area contributed by atoms with Crippen molar-refractivity contribution in [3.63, 3.8) is 0 Å². The molecule has 2 saturated carbocycles. The van der Waals surface area contributed by atoms with Crippen LogP contribution < -0.4 is 11.1 Å². The molecule has 0 radical (unpaired) electrons. The standard InChI is InChI=1S/C17H25N3O/c1-12-2-7-15(8-16(12)18)19-17(21)11-20(9-13-3-4-13)10-14-5-6-14/h2,7-8,13-14H,3-6,9-11,18H2,1H3,(H,19,21). The maximum Gasteiger partial charge on any atom is 0.238 e. The highest BCUT2D eigenvalue weighted by atomic mass is 16.2. The van der Waals surface area contributed by atoms with E-state index in [1.165, 1.54) is 25.7 Å². The van der Waals surface area contributed by atoms with Crippen LogP contribution in [0.4, 0.5) is 11.4 Å². The minimum Gasteiger partial charge on any atom is -0.398 e. The Morgan fingerprint density at radius 3 is 2.38 bits per heavy atom. The van der Waals surface area contributed by atoms with Gasteiger partial charge in [0, 0.05) is 24.5 Å². The van der Waals surface area contributed by atoms with Crippen LogP contribution in [0.25, 0.3) is 0 Å². The second-order valence-corrected chi connectivity index (χ2v) is 6.70. The summed E-state index contributed by atoms with van der Waals surface area (Å²) in [4.78, 5) is 14.6. The van der Waals surface area contributed by atoms with Crippen LogP contribution in [-0.2, 0) is 4.79 Å². The highest BCUT2D eigenvalue weighted by molar-refractivity contribution is 5.92. The summed E-state index contributed by atoms with van der Waals surface area (Å²) in [7, 11) is 0. The zero-order chi connectivity index (χ0) is 14.8. The van der Waals surface area contributed by atoms with Crippen LogP contribution in [0.15, 0.2) is 18.2 Å². The van der Waals surface area contributed by atoms with E-state index in [0.29, 0.717) is 6.54 Å². The average Bonchev–Trinajstić information content (AvgIpc) is 3.30. The van der Waals surface area contributed by atoms with E-state index in [9.17, 15) is 4.79 Å². The van der Waals surface area contributed by atoms with E-state index in [-0.39, 0.29) is 5.91 Å². The van der Waals surface area contributed by atoms with Crippen LogP contribution in [0.2, 0.25) is 0 Å². The van der Waals surface area contributed by atoms with Gasteiger partial charge >= 0.3 is 0 Å². The van der Waals surface area contributed by atoms with Gasteiger partial charge in [-0.1, -0.05) is 6.07 Å². The third kappa shape index (κ3) is 4.46. The molecule has 0 aliphatic heterocycles. The first-order valence-corrected chi connectivity index (χ1v) is 7.98. The third-order valence-electron chi connectivity index (χ3n) is 4.36. The van der Waals surface area contributed by atoms with E-state index in [1.54, 1.807) is 0 Å². The highest BCUT2D eigenvalue weighted by Crippen LogP contribution is 2.33. The Labute approximate surface area is 126 Å². The first-order chi connectivity index (χ1) is 10.1. The molecule has 4 heteroatoms. The molecular formula is C17H25N3O. The van der Waals surface area contributed by atoms with Gasteiger partial charge in [-0.25, -0.2) is 0 Å². The lowest BCUT2D eigenvalue weighted by Crippen LogP contribution is -2.36. The zero-order valence-electron chi connectivity index (χ0n) is 12.8. The van der Waals surface area contributed by atoms with Crippen molar-refractivity contribution in [1.82, 2.24) is 4.90 Å². The van der Waals surface area contributed by atoms with Crippen molar-refractivity contribution in [2.24, 2.45) is 11.8 Å². The minimum absolute atomic E-state index is 0.0690. The highest BCUT2D eigenvalue weighted by Gasteiger charge is 2.29. The number of anilines is 2. The van der Waals surface area contributed by atoms with Gasteiger partial charge in [-0.3, -0.25) is 9.69 Å². The Kier molecular flexibility index (Phi) is 4.15. The summed E-state index contributed by atoms with van der Waals surface area (Å²) in [6.45, 7) is 4.63. The average molecular weight is 287 g/mol. The summed E-state index contributed by atoms with van der Waals surface area (Å²) in [5, 5.41) is 2.97. The second kappa shape index (κ2) is 6.06. The van der Waals surface area contributed by atoms with Crippen molar-refractivity contribution in [3.05, 3.63) is 23.8 Å². The van der Waals surface area contributed by atoms with Gasteiger partial charge in [0.2, 0.25) is 5.91 Å². The van der Waals surface area contributed by atoms with Gasteiger partial charge in [0.15, 0.2) is 0 Å². The monoisotopic (exact) mass is 287 g/mol. The fourth-order valence-corrected chi connectivity index (χ4v) is 2.66. The number of aryl methyl sites for hydroxylation is 1. The molecule has 0 unspecified atom stereocenters. The van der Waals surface area contributed by atoms with Crippen molar-refractivity contribution in [2.75, 3.05) is 30.7 Å². The fourth-order valence-electron chi connectivity index (χ4n) is 2.66. The molecule has 0 aromatic heterocycles. The SMILES string of the molecule is Cc1ccc(NC(=O)CN(CC2CC2)CC2CC2)cc1N. The maximum atomic E-state index is 12.2. The van der Waals surface area contributed by atoms with Gasteiger partial charge in [-0.05, 0) is 62.1 Å². The summed E-state index contributed by atoms with van der Waals surface area (Å²) in [6, 6.07) is 5.69. The molecule has 0 bridgehead atoms. The Hall–Kier alpha value is -1.55. The molecule has 0 saturated heterocycles. The Bertz CT molecular complexity index is 507. The van der Waals surface area contributed by atoms with Crippen molar-refractivity contribution < 1.29 is 4.79 Å². The summed E-state index contributed by atoms with van der Waals surface area (Å²) in [5.41, 5.74) is 8.44. The molecule has 3 N–H and O–H groups in total. The Morgan fingerprint density at radius 1 is 1.24 bits per heavy atom. The normalized spacial score (nSPS) is 18.0. The lowest BCUT2D eigenvalue weighted by Gasteiger charge is -2.21. The van der Waals surface area contributed by atoms with Gasteiger partial charge in [0.25, 0.3) is 0 Å². The van der Waals surface area contributed by atoms with E-state index in [2.05, 4.69) is 10.2 Å². The second-order valence-electron chi connectivity index (χ2n) is 6.70. The Balaban J connectivity index is 1.53. The molecule has 1 aromatic rings. The van der Waals surface area contributed by atoms with Gasteiger partial charge in [-0.2, -0.15) is 0 Å². The molecular weight excluding hydrogens is 262 g/mol. The summed E-state index contributed by atoms with van der Waals surface area (Å²) in [6.07, 6.45) is 5.32. The quantitative estimate of drug-likeness (QED) is 0.758. The van der Waals surface area contributed by atoms with Crippen LogP contribution in [0.3, 0.4) is 0 Å². The van der Waals surface area contributed by atoms with Crippen LogP contribution >= 0.6 is 0 Å². The third-order valence-corrected chi connectivity index (χ3v) is 4.36. The summed E-state index contributed by atoms with van der Waals surface area (Å²) < 4.78 is 0. The number of rotatable bonds is 7. The molecule has 1 aromatic carbocycles. The van der Waals surface area contributed by atoms with Gasteiger partial charge in [0.1, 0.15) is 0 Å². The molecule has 1 amide bonds. The van der Waals surface area contributed by atoms with E-state index in [1.807, 2.05) is 25.1 Å². The first kappa shape index (κ1) is 14.4. The number of nitrogens with zero attached hydrogens (tertiary/aromatic N) is 1. The predicted octanol–water partition coefficient (Wildman–Crippen LogP) is 2.64.